The molecule has 1 aromatic carbocycles. The van der Waals surface area contributed by atoms with Crippen LogP contribution in [-0.2, 0) is 16.6 Å². The van der Waals surface area contributed by atoms with E-state index in [4.69, 9.17) is 0 Å². The van der Waals surface area contributed by atoms with Crippen LogP contribution in [0.25, 0.3) is 0 Å². The van der Waals surface area contributed by atoms with Crippen LogP contribution in [0.1, 0.15) is 29.1 Å². The van der Waals surface area contributed by atoms with Gasteiger partial charge in [0, 0.05) is 0 Å². The summed E-state index contributed by atoms with van der Waals surface area (Å²) in [5, 5.41) is 7.67. The van der Waals surface area contributed by atoms with E-state index in [0.717, 1.165) is 11.1 Å². The molecule has 27 heavy (non-hydrogen) atoms. The van der Waals surface area contributed by atoms with Crippen molar-refractivity contribution in [3.05, 3.63) is 53.1 Å². The Balaban J connectivity index is 1.81. The maximum atomic E-state index is 12.9. The van der Waals surface area contributed by atoms with Crippen LogP contribution in [0.2, 0.25) is 0 Å². The summed E-state index contributed by atoms with van der Waals surface area (Å²) < 4.78 is 55.1. The molecule has 0 unspecified atom stereocenters. The van der Waals surface area contributed by atoms with Crippen LogP contribution >= 0.6 is 0 Å². The molecule has 0 spiro atoms. The van der Waals surface area contributed by atoms with E-state index in [1.54, 1.807) is 0 Å². The predicted octanol–water partition coefficient (Wildman–Crippen LogP) is 2.64. The zero-order chi connectivity index (χ0) is 19.8. The topological polar surface area (TPSA) is 94.7 Å². The average Bonchev–Trinajstić information content (AvgIpc) is 3.13. The summed E-state index contributed by atoms with van der Waals surface area (Å²) in [7, 11) is -4.16. The van der Waals surface area contributed by atoms with Crippen molar-refractivity contribution in [1.82, 2.24) is 24.5 Å². The molecule has 144 valence electrons. The number of aryl methyl sites for hydroxylation is 2. The SMILES string of the molecule is Cc1ccc(Cn2cnc(NS(=O)(=O)c3c(C)nn(C(F)F)c3C)n2)cc1. The average molecular weight is 396 g/mol. The summed E-state index contributed by atoms with van der Waals surface area (Å²) >= 11 is 0. The quantitative estimate of drug-likeness (QED) is 0.691. The second-order valence-electron chi connectivity index (χ2n) is 6.08. The minimum absolute atomic E-state index is 0.0283. The maximum absolute atomic E-state index is 12.9. The highest BCUT2D eigenvalue weighted by Crippen LogP contribution is 2.24. The van der Waals surface area contributed by atoms with Crippen molar-refractivity contribution in [2.75, 3.05) is 4.72 Å². The van der Waals surface area contributed by atoms with Crippen LogP contribution in [-0.4, -0.2) is 33.0 Å². The Morgan fingerprint density at radius 1 is 1.11 bits per heavy atom. The molecule has 0 atom stereocenters. The summed E-state index contributed by atoms with van der Waals surface area (Å²) in [6.07, 6.45) is 1.39. The van der Waals surface area contributed by atoms with Gasteiger partial charge in [0.15, 0.2) is 0 Å². The molecule has 2 heterocycles. The Labute approximate surface area is 154 Å². The monoisotopic (exact) mass is 396 g/mol. The fraction of sp³-hybridized carbons (Fsp3) is 0.312. The van der Waals surface area contributed by atoms with Crippen molar-refractivity contribution >= 4 is 16.0 Å². The summed E-state index contributed by atoms with van der Waals surface area (Å²) in [5.41, 5.74) is 1.92. The Morgan fingerprint density at radius 3 is 2.37 bits per heavy atom. The molecule has 2 aromatic heterocycles. The van der Waals surface area contributed by atoms with Crippen LogP contribution in [0.15, 0.2) is 35.5 Å². The van der Waals surface area contributed by atoms with E-state index < -0.39 is 16.6 Å². The molecular weight excluding hydrogens is 378 g/mol. The minimum atomic E-state index is -4.16. The lowest BCUT2D eigenvalue weighted by Crippen LogP contribution is -2.16. The zero-order valence-corrected chi connectivity index (χ0v) is 15.7. The first-order chi connectivity index (χ1) is 12.7. The van der Waals surface area contributed by atoms with Gasteiger partial charge in [0.25, 0.3) is 16.0 Å². The Morgan fingerprint density at radius 2 is 1.78 bits per heavy atom. The van der Waals surface area contributed by atoms with Crippen LogP contribution in [0.3, 0.4) is 0 Å². The number of aromatic nitrogens is 5. The van der Waals surface area contributed by atoms with E-state index in [-0.39, 0.29) is 22.2 Å². The number of nitrogens with zero attached hydrogens (tertiary/aromatic N) is 5. The first-order valence-corrected chi connectivity index (χ1v) is 9.47. The number of benzene rings is 1. The van der Waals surface area contributed by atoms with Crippen molar-refractivity contribution in [3.63, 3.8) is 0 Å². The fourth-order valence-electron chi connectivity index (χ4n) is 2.70. The van der Waals surface area contributed by atoms with Crippen LogP contribution in [0.5, 0.6) is 0 Å². The molecule has 0 aliphatic rings. The van der Waals surface area contributed by atoms with Crippen LogP contribution < -0.4 is 4.72 Å². The molecule has 8 nitrogen and oxygen atoms in total. The molecule has 0 saturated carbocycles. The smallest absolute Gasteiger partial charge is 0.246 e. The highest BCUT2D eigenvalue weighted by molar-refractivity contribution is 7.92. The second-order valence-corrected chi connectivity index (χ2v) is 7.70. The second kappa shape index (κ2) is 7.06. The summed E-state index contributed by atoms with van der Waals surface area (Å²) in [5.74, 6) is -0.147. The normalized spacial score (nSPS) is 11.9. The van der Waals surface area contributed by atoms with Gasteiger partial charge in [0.1, 0.15) is 11.2 Å². The summed E-state index contributed by atoms with van der Waals surface area (Å²) in [6.45, 7) is 2.08. The van der Waals surface area contributed by atoms with E-state index in [9.17, 15) is 17.2 Å². The molecular formula is C16H18F2N6O2S. The molecule has 3 rings (SSSR count). The fourth-order valence-corrected chi connectivity index (χ4v) is 4.04. The van der Waals surface area contributed by atoms with Gasteiger partial charge in [-0.25, -0.2) is 22.5 Å². The van der Waals surface area contributed by atoms with E-state index in [2.05, 4.69) is 19.9 Å². The van der Waals surface area contributed by atoms with Crippen molar-refractivity contribution in [3.8, 4) is 0 Å². The van der Waals surface area contributed by atoms with Crippen LogP contribution in [0, 0.1) is 20.8 Å². The molecule has 3 aromatic rings. The predicted molar refractivity (Wildman–Crippen MR) is 94.1 cm³/mol. The van der Waals surface area contributed by atoms with Crippen LogP contribution in [0.4, 0.5) is 14.7 Å². The van der Waals surface area contributed by atoms with Gasteiger partial charge in [0.2, 0.25) is 0 Å². The first-order valence-electron chi connectivity index (χ1n) is 7.99. The van der Waals surface area contributed by atoms with Gasteiger partial charge in [-0.3, -0.25) is 0 Å². The van der Waals surface area contributed by atoms with Gasteiger partial charge in [-0.05, 0) is 26.3 Å². The number of hydrogen-bond acceptors (Lipinski definition) is 5. The Hall–Kier alpha value is -2.82. The number of nitrogens with one attached hydrogen (secondary N) is 1. The molecule has 0 amide bonds. The maximum Gasteiger partial charge on any atom is 0.333 e. The Kier molecular flexibility index (Phi) is 4.96. The molecule has 0 aliphatic carbocycles. The van der Waals surface area contributed by atoms with Gasteiger partial charge >= 0.3 is 6.55 Å². The number of halogens is 2. The zero-order valence-electron chi connectivity index (χ0n) is 14.9. The number of sulfonamides is 1. The van der Waals surface area contributed by atoms with Gasteiger partial charge < -0.3 is 0 Å². The standard InChI is InChI=1S/C16H18F2N6O2S/c1-10-4-6-13(7-5-10)8-23-9-19-16(21-23)22-27(25,26)14-11(2)20-24(12(14)3)15(17)18/h4-7,9,15H,8H2,1-3H3,(H,21,22). The third-order valence-electron chi connectivity index (χ3n) is 3.94. The van der Waals surface area contributed by atoms with Crippen molar-refractivity contribution in [2.45, 2.75) is 38.8 Å². The first kappa shape index (κ1) is 19.0. The van der Waals surface area contributed by atoms with Gasteiger partial charge in [-0.15, -0.1) is 5.10 Å². The minimum Gasteiger partial charge on any atom is -0.246 e. The molecule has 11 heteroatoms. The summed E-state index contributed by atoms with van der Waals surface area (Å²) in [4.78, 5) is 3.62. The third kappa shape index (κ3) is 3.97. The Bertz CT molecular complexity index is 1060. The lowest BCUT2D eigenvalue weighted by Gasteiger charge is -2.06. The van der Waals surface area contributed by atoms with E-state index in [1.165, 1.54) is 24.9 Å². The molecule has 0 saturated heterocycles. The number of rotatable bonds is 6. The van der Waals surface area contributed by atoms with E-state index in [1.807, 2.05) is 31.2 Å². The number of hydrogen-bond donors (Lipinski definition) is 1. The molecule has 0 bridgehead atoms. The van der Waals surface area contributed by atoms with E-state index >= 15 is 0 Å². The van der Waals surface area contributed by atoms with Crippen molar-refractivity contribution in [2.24, 2.45) is 0 Å². The van der Waals surface area contributed by atoms with Crippen molar-refractivity contribution < 1.29 is 17.2 Å². The van der Waals surface area contributed by atoms with E-state index in [0.29, 0.717) is 11.2 Å². The number of alkyl halides is 2. The lowest BCUT2D eigenvalue weighted by molar-refractivity contribution is 0.0538. The molecule has 0 radical (unpaired) electrons. The molecule has 1 N–H and O–H groups in total. The number of anilines is 1. The molecule has 0 fully saturated rings. The highest BCUT2D eigenvalue weighted by atomic mass is 32.2. The highest BCUT2D eigenvalue weighted by Gasteiger charge is 2.28. The molecule has 0 aliphatic heterocycles. The van der Waals surface area contributed by atoms with Crippen molar-refractivity contribution in [1.29, 1.82) is 0 Å². The van der Waals surface area contributed by atoms with Gasteiger partial charge in [-0.2, -0.15) is 18.9 Å². The van der Waals surface area contributed by atoms with Gasteiger partial charge in [0.05, 0.1) is 17.9 Å². The largest absolute Gasteiger partial charge is 0.333 e. The lowest BCUT2D eigenvalue weighted by atomic mass is 10.1. The summed E-state index contributed by atoms with van der Waals surface area (Å²) in [6, 6.07) is 7.79. The van der Waals surface area contributed by atoms with Gasteiger partial charge in [-0.1, -0.05) is 29.8 Å². The third-order valence-corrected chi connectivity index (χ3v) is 5.52.